The van der Waals surface area contributed by atoms with Crippen molar-refractivity contribution in [2.24, 2.45) is 0 Å². The van der Waals surface area contributed by atoms with Gasteiger partial charge in [-0.2, -0.15) is 0 Å². The van der Waals surface area contributed by atoms with Gasteiger partial charge < -0.3 is 14.8 Å². The second-order valence-electron chi connectivity index (χ2n) is 4.01. The van der Waals surface area contributed by atoms with Crippen molar-refractivity contribution in [2.45, 2.75) is 6.92 Å². The van der Waals surface area contributed by atoms with Gasteiger partial charge in [-0.1, -0.05) is 29.3 Å². The Morgan fingerprint density at radius 3 is 2.50 bits per heavy atom. The van der Waals surface area contributed by atoms with Gasteiger partial charge in [-0.15, -0.1) is 0 Å². The number of nitrogens with one attached hydrogen (secondary N) is 1. The zero-order chi connectivity index (χ0) is 14.4. The Morgan fingerprint density at radius 1 is 1.05 bits per heavy atom. The molecule has 0 aromatic heterocycles. The van der Waals surface area contributed by atoms with Crippen molar-refractivity contribution in [1.29, 1.82) is 0 Å². The highest BCUT2D eigenvalue weighted by molar-refractivity contribution is 6.43. The standard InChI is InChI=1S/C15H15Cl2NO2/c1-2-19-10-20-12-8-6-11(7-9-12)18-14-5-3-4-13(16)15(14)17/h3-9,18H,2,10H2,1H3. The van der Waals surface area contributed by atoms with Gasteiger partial charge in [0.2, 0.25) is 0 Å². The predicted molar refractivity (Wildman–Crippen MR) is 83.3 cm³/mol. The van der Waals surface area contributed by atoms with Gasteiger partial charge in [0.05, 0.1) is 15.7 Å². The number of halogens is 2. The molecule has 0 heterocycles. The number of hydrogen-bond donors (Lipinski definition) is 1. The normalized spacial score (nSPS) is 10.3. The van der Waals surface area contributed by atoms with Crippen molar-refractivity contribution in [3.8, 4) is 5.75 Å². The molecule has 0 unspecified atom stereocenters. The lowest BCUT2D eigenvalue weighted by Gasteiger charge is -2.10. The van der Waals surface area contributed by atoms with Crippen LogP contribution in [0.2, 0.25) is 10.0 Å². The molecular weight excluding hydrogens is 297 g/mol. The third-order valence-corrected chi connectivity index (χ3v) is 3.42. The molecule has 0 fully saturated rings. The van der Waals surface area contributed by atoms with E-state index in [0.29, 0.717) is 16.7 Å². The maximum Gasteiger partial charge on any atom is 0.189 e. The molecule has 5 heteroatoms. The highest BCUT2D eigenvalue weighted by Gasteiger charge is 2.04. The lowest BCUT2D eigenvalue weighted by Crippen LogP contribution is -2.01. The average Bonchev–Trinajstić information content (AvgIpc) is 2.46. The molecule has 1 N–H and O–H groups in total. The highest BCUT2D eigenvalue weighted by atomic mass is 35.5. The van der Waals surface area contributed by atoms with E-state index in [-0.39, 0.29) is 6.79 Å². The van der Waals surface area contributed by atoms with Crippen LogP contribution in [0.15, 0.2) is 42.5 Å². The van der Waals surface area contributed by atoms with Gasteiger partial charge in [0, 0.05) is 12.3 Å². The maximum atomic E-state index is 6.12. The molecule has 0 atom stereocenters. The first-order valence-corrected chi connectivity index (χ1v) is 6.98. The minimum Gasteiger partial charge on any atom is -0.468 e. The van der Waals surface area contributed by atoms with Crippen LogP contribution in [0.1, 0.15) is 6.92 Å². The number of ether oxygens (including phenoxy) is 2. The lowest BCUT2D eigenvalue weighted by molar-refractivity contribution is 0.0224. The summed E-state index contributed by atoms with van der Waals surface area (Å²) in [5.41, 5.74) is 1.67. The van der Waals surface area contributed by atoms with Gasteiger partial charge in [0.1, 0.15) is 5.75 Å². The Labute approximate surface area is 128 Å². The molecule has 0 amide bonds. The largest absolute Gasteiger partial charge is 0.468 e. The van der Waals surface area contributed by atoms with Crippen molar-refractivity contribution in [3.63, 3.8) is 0 Å². The van der Waals surface area contributed by atoms with Crippen LogP contribution in [-0.2, 0) is 4.74 Å². The maximum absolute atomic E-state index is 6.12. The van der Waals surface area contributed by atoms with Crippen LogP contribution in [0.5, 0.6) is 5.75 Å². The van der Waals surface area contributed by atoms with E-state index in [1.165, 1.54) is 0 Å². The van der Waals surface area contributed by atoms with E-state index in [1.54, 1.807) is 6.07 Å². The van der Waals surface area contributed by atoms with Crippen LogP contribution in [-0.4, -0.2) is 13.4 Å². The van der Waals surface area contributed by atoms with Crippen LogP contribution < -0.4 is 10.1 Å². The summed E-state index contributed by atoms with van der Waals surface area (Å²) in [7, 11) is 0. The van der Waals surface area contributed by atoms with Crippen LogP contribution in [0.3, 0.4) is 0 Å². The van der Waals surface area contributed by atoms with Gasteiger partial charge in [-0.3, -0.25) is 0 Å². The average molecular weight is 312 g/mol. The molecule has 2 aromatic carbocycles. The van der Waals surface area contributed by atoms with Crippen molar-refractivity contribution < 1.29 is 9.47 Å². The number of hydrogen-bond acceptors (Lipinski definition) is 3. The number of rotatable bonds is 6. The summed E-state index contributed by atoms with van der Waals surface area (Å²) >= 11 is 12.1. The summed E-state index contributed by atoms with van der Waals surface area (Å²) in [4.78, 5) is 0. The van der Waals surface area contributed by atoms with E-state index in [1.807, 2.05) is 43.3 Å². The Morgan fingerprint density at radius 2 is 1.80 bits per heavy atom. The Kier molecular flexibility index (Phi) is 5.53. The van der Waals surface area contributed by atoms with Crippen LogP contribution in [0, 0.1) is 0 Å². The van der Waals surface area contributed by atoms with Crippen LogP contribution in [0.25, 0.3) is 0 Å². The molecule has 20 heavy (non-hydrogen) atoms. The third-order valence-electron chi connectivity index (χ3n) is 2.60. The summed E-state index contributed by atoms with van der Waals surface area (Å²) in [6.07, 6.45) is 0. The monoisotopic (exact) mass is 311 g/mol. The minimum absolute atomic E-state index is 0.253. The van der Waals surface area contributed by atoms with E-state index in [4.69, 9.17) is 32.7 Å². The Hall–Kier alpha value is -1.42. The molecule has 0 bridgehead atoms. The van der Waals surface area contributed by atoms with E-state index in [2.05, 4.69) is 5.32 Å². The minimum atomic E-state index is 0.253. The lowest BCUT2D eigenvalue weighted by atomic mass is 10.2. The van der Waals surface area contributed by atoms with Crippen molar-refractivity contribution in [3.05, 3.63) is 52.5 Å². The molecule has 0 spiro atoms. The van der Waals surface area contributed by atoms with E-state index < -0.39 is 0 Å². The first kappa shape index (κ1) is 15.0. The van der Waals surface area contributed by atoms with E-state index in [9.17, 15) is 0 Å². The predicted octanol–water partition coefficient (Wildman–Crippen LogP) is 5.11. The van der Waals surface area contributed by atoms with Crippen molar-refractivity contribution in [1.82, 2.24) is 0 Å². The molecule has 0 aliphatic heterocycles. The molecule has 3 nitrogen and oxygen atoms in total. The molecule has 2 aromatic rings. The molecule has 0 saturated carbocycles. The summed E-state index contributed by atoms with van der Waals surface area (Å²) < 4.78 is 10.5. The third kappa shape index (κ3) is 4.04. The number of anilines is 2. The van der Waals surface area contributed by atoms with E-state index >= 15 is 0 Å². The summed E-state index contributed by atoms with van der Waals surface area (Å²) in [6.45, 7) is 2.81. The van der Waals surface area contributed by atoms with Crippen LogP contribution in [0.4, 0.5) is 11.4 Å². The molecular formula is C15H15Cl2NO2. The van der Waals surface area contributed by atoms with Gasteiger partial charge in [-0.05, 0) is 43.3 Å². The second-order valence-corrected chi connectivity index (χ2v) is 4.79. The smallest absolute Gasteiger partial charge is 0.189 e. The fourth-order valence-electron chi connectivity index (χ4n) is 1.58. The SMILES string of the molecule is CCOCOc1ccc(Nc2cccc(Cl)c2Cl)cc1. The fraction of sp³-hybridized carbons (Fsp3) is 0.200. The zero-order valence-corrected chi connectivity index (χ0v) is 12.5. The molecule has 0 radical (unpaired) electrons. The molecule has 106 valence electrons. The molecule has 0 saturated heterocycles. The quantitative estimate of drug-likeness (QED) is 0.594. The second kappa shape index (κ2) is 7.39. The molecule has 2 rings (SSSR count). The summed E-state index contributed by atoms with van der Waals surface area (Å²) in [5.74, 6) is 0.751. The van der Waals surface area contributed by atoms with Gasteiger partial charge in [0.25, 0.3) is 0 Å². The van der Waals surface area contributed by atoms with E-state index in [0.717, 1.165) is 17.1 Å². The first-order chi connectivity index (χ1) is 9.70. The first-order valence-electron chi connectivity index (χ1n) is 6.22. The van der Waals surface area contributed by atoms with Gasteiger partial charge >= 0.3 is 0 Å². The van der Waals surface area contributed by atoms with Gasteiger partial charge in [0.15, 0.2) is 6.79 Å². The fourth-order valence-corrected chi connectivity index (χ4v) is 1.93. The summed E-state index contributed by atoms with van der Waals surface area (Å²) in [6, 6.07) is 13.0. The molecule has 0 aliphatic carbocycles. The Bertz CT molecular complexity index is 558. The molecule has 0 aliphatic rings. The van der Waals surface area contributed by atoms with Gasteiger partial charge in [-0.25, -0.2) is 0 Å². The topological polar surface area (TPSA) is 30.5 Å². The van der Waals surface area contributed by atoms with Crippen molar-refractivity contribution >= 4 is 34.6 Å². The number of benzene rings is 2. The van der Waals surface area contributed by atoms with Crippen LogP contribution >= 0.6 is 23.2 Å². The summed E-state index contributed by atoms with van der Waals surface area (Å²) in [5, 5.41) is 4.23. The Balaban J connectivity index is 2.01. The highest BCUT2D eigenvalue weighted by Crippen LogP contribution is 2.32. The van der Waals surface area contributed by atoms with Crippen molar-refractivity contribution in [2.75, 3.05) is 18.7 Å². The zero-order valence-electron chi connectivity index (χ0n) is 11.0.